The molecular formula is C20H38N2. The molecular weight excluding hydrogens is 268 g/mol. The molecule has 0 radical (unpaired) electrons. The molecule has 2 nitrogen and oxygen atoms in total. The summed E-state index contributed by atoms with van der Waals surface area (Å²) in [6.45, 7) is 19.9. The topological polar surface area (TPSA) is 6.48 Å². The van der Waals surface area contributed by atoms with Crippen molar-refractivity contribution in [3.8, 4) is 0 Å². The smallest absolute Gasteiger partial charge is 0.0128 e. The molecule has 3 aliphatic rings. The van der Waals surface area contributed by atoms with Gasteiger partial charge in [0.15, 0.2) is 0 Å². The minimum Gasteiger partial charge on any atom is -0.303 e. The number of likely N-dealkylation sites (tertiary alicyclic amines) is 2. The van der Waals surface area contributed by atoms with Crippen molar-refractivity contribution in [1.82, 2.24) is 9.80 Å². The fraction of sp³-hybridized carbons (Fsp3) is 1.00. The highest BCUT2D eigenvalue weighted by atomic mass is 15.3. The molecule has 3 rings (SSSR count). The fourth-order valence-corrected chi connectivity index (χ4v) is 5.42. The standard InChI is InChI=1S/C20H38N2/c1-19(2,3)17-7-9-21(10-8-17)13-15-11-18-12-16(15)14-22(18)20(4,5)6/h15-18H,7-14H2,1-6H3/t15?,16-,18+/m1/s1. The lowest BCUT2D eigenvalue weighted by Gasteiger charge is -2.43. The van der Waals surface area contributed by atoms with Crippen LogP contribution in [0.25, 0.3) is 0 Å². The van der Waals surface area contributed by atoms with Crippen molar-refractivity contribution in [1.29, 1.82) is 0 Å². The van der Waals surface area contributed by atoms with E-state index in [9.17, 15) is 0 Å². The Morgan fingerprint density at radius 3 is 2.00 bits per heavy atom. The van der Waals surface area contributed by atoms with E-state index in [0.717, 1.165) is 23.8 Å². The van der Waals surface area contributed by atoms with Crippen LogP contribution in [-0.4, -0.2) is 47.6 Å². The summed E-state index contributed by atoms with van der Waals surface area (Å²) in [6, 6.07) is 0.877. The van der Waals surface area contributed by atoms with Crippen molar-refractivity contribution in [2.75, 3.05) is 26.2 Å². The zero-order valence-corrected chi connectivity index (χ0v) is 15.9. The molecule has 2 heteroatoms. The SMILES string of the molecule is CC(C)(C)C1CCN(CC2C[C@H]3C[C@@H]2CN3C(C)(C)C)CC1. The maximum absolute atomic E-state index is 2.79. The minimum atomic E-state index is 0.370. The van der Waals surface area contributed by atoms with Crippen LogP contribution < -0.4 is 0 Å². The third-order valence-electron chi connectivity index (χ3n) is 6.85. The number of nitrogens with zero attached hydrogens (tertiary/aromatic N) is 2. The summed E-state index contributed by atoms with van der Waals surface area (Å²) in [7, 11) is 0. The Balaban J connectivity index is 1.47. The fourth-order valence-electron chi connectivity index (χ4n) is 5.42. The normalized spacial score (nSPS) is 35.5. The largest absolute Gasteiger partial charge is 0.303 e. The molecule has 1 unspecified atom stereocenters. The number of hydrogen-bond acceptors (Lipinski definition) is 2. The number of rotatable bonds is 2. The molecule has 0 aromatic carbocycles. The molecule has 0 aromatic rings. The van der Waals surface area contributed by atoms with Gasteiger partial charge in [-0.2, -0.15) is 0 Å². The van der Waals surface area contributed by atoms with Gasteiger partial charge in [-0.25, -0.2) is 0 Å². The van der Waals surface area contributed by atoms with Gasteiger partial charge in [-0.1, -0.05) is 20.8 Å². The predicted molar refractivity (Wildman–Crippen MR) is 95.1 cm³/mol. The third kappa shape index (κ3) is 3.38. The van der Waals surface area contributed by atoms with Gasteiger partial charge in [0.05, 0.1) is 0 Å². The second-order valence-electron chi connectivity index (χ2n) is 10.4. The van der Waals surface area contributed by atoms with Gasteiger partial charge in [0.2, 0.25) is 0 Å². The van der Waals surface area contributed by atoms with E-state index >= 15 is 0 Å². The molecule has 0 amide bonds. The van der Waals surface area contributed by atoms with E-state index in [2.05, 4.69) is 51.3 Å². The quantitative estimate of drug-likeness (QED) is 0.752. The Morgan fingerprint density at radius 2 is 1.55 bits per heavy atom. The molecule has 3 atom stereocenters. The van der Waals surface area contributed by atoms with E-state index in [4.69, 9.17) is 0 Å². The van der Waals surface area contributed by atoms with Crippen LogP contribution in [0.15, 0.2) is 0 Å². The molecule has 2 aliphatic heterocycles. The second kappa shape index (κ2) is 5.77. The summed E-state index contributed by atoms with van der Waals surface area (Å²) in [4.78, 5) is 5.56. The summed E-state index contributed by atoms with van der Waals surface area (Å²) in [5.41, 5.74) is 0.876. The summed E-state index contributed by atoms with van der Waals surface area (Å²) in [6.07, 6.45) is 5.76. The average molecular weight is 307 g/mol. The first-order valence-corrected chi connectivity index (χ1v) is 9.63. The number of fused-ring (bicyclic) bond motifs is 2. The van der Waals surface area contributed by atoms with Gasteiger partial charge in [-0.15, -0.1) is 0 Å². The molecule has 2 saturated heterocycles. The first-order valence-electron chi connectivity index (χ1n) is 9.63. The summed E-state index contributed by atoms with van der Waals surface area (Å²) >= 11 is 0. The molecule has 2 bridgehead atoms. The Hall–Kier alpha value is -0.0800. The first kappa shape index (κ1) is 16.8. The van der Waals surface area contributed by atoms with E-state index in [0.29, 0.717) is 11.0 Å². The van der Waals surface area contributed by atoms with Gasteiger partial charge < -0.3 is 4.90 Å². The van der Waals surface area contributed by atoms with Crippen LogP contribution in [0.5, 0.6) is 0 Å². The maximum atomic E-state index is 2.79. The highest BCUT2D eigenvalue weighted by molar-refractivity contribution is 5.02. The van der Waals surface area contributed by atoms with Crippen molar-refractivity contribution in [3.05, 3.63) is 0 Å². The average Bonchev–Trinajstić information content (AvgIpc) is 2.97. The van der Waals surface area contributed by atoms with Gasteiger partial charge >= 0.3 is 0 Å². The second-order valence-corrected chi connectivity index (χ2v) is 10.4. The van der Waals surface area contributed by atoms with Gasteiger partial charge in [0.1, 0.15) is 0 Å². The minimum absolute atomic E-state index is 0.370. The highest BCUT2D eigenvalue weighted by Crippen LogP contribution is 2.45. The lowest BCUT2D eigenvalue weighted by atomic mass is 9.75. The van der Waals surface area contributed by atoms with Crippen molar-refractivity contribution in [2.24, 2.45) is 23.2 Å². The van der Waals surface area contributed by atoms with E-state index in [1.54, 1.807) is 0 Å². The molecule has 1 saturated carbocycles. The summed E-state index contributed by atoms with van der Waals surface area (Å²) in [5.74, 6) is 2.89. The summed E-state index contributed by atoms with van der Waals surface area (Å²) in [5, 5.41) is 0. The van der Waals surface area contributed by atoms with Crippen LogP contribution >= 0.6 is 0 Å². The first-order chi connectivity index (χ1) is 10.1. The molecule has 22 heavy (non-hydrogen) atoms. The molecule has 0 aromatic heterocycles. The van der Waals surface area contributed by atoms with E-state index < -0.39 is 0 Å². The Kier molecular flexibility index (Phi) is 4.40. The van der Waals surface area contributed by atoms with Crippen LogP contribution in [-0.2, 0) is 0 Å². The van der Waals surface area contributed by atoms with Gasteiger partial charge in [0.25, 0.3) is 0 Å². The molecule has 0 N–H and O–H groups in total. The zero-order valence-electron chi connectivity index (χ0n) is 15.9. The van der Waals surface area contributed by atoms with E-state index in [1.807, 2.05) is 0 Å². The Morgan fingerprint density at radius 1 is 0.909 bits per heavy atom. The van der Waals surface area contributed by atoms with Crippen molar-refractivity contribution in [3.63, 3.8) is 0 Å². The van der Waals surface area contributed by atoms with Gasteiger partial charge in [-0.3, -0.25) is 4.90 Å². The zero-order chi connectivity index (χ0) is 16.1. The third-order valence-corrected chi connectivity index (χ3v) is 6.85. The van der Waals surface area contributed by atoms with Gasteiger partial charge in [0, 0.05) is 24.7 Å². The maximum Gasteiger partial charge on any atom is 0.0128 e. The van der Waals surface area contributed by atoms with Crippen molar-refractivity contribution in [2.45, 2.75) is 78.8 Å². The highest BCUT2D eigenvalue weighted by Gasteiger charge is 2.48. The van der Waals surface area contributed by atoms with Crippen LogP contribution in [0.1, 0.15) is 67.2 Å². The monoisotopic (exact) mass is 306 g/mol. The lowest BCUT2D eigenvalue weighted by molar-refractivity contribution is 0.0528. The molecule has 0 spiro atoms. The van der Waals surface area contributed by atoms with Crippen molar-refractivity contribution < 1.29 is 0 Å². The molecule has 3 fully saturated rings. The Labute approximate surface area is 138 Å². The molecule has 128 valence electrons. The number of piperidine rings is 2. The number of hydrogen-bond donors (Lipinski definition) is 0. The predicted octanol–water partition coefficient (Wildman–Crippen LogP) is 4.25. The summed E-state index contributed by atoms with van der Waals surface area (Å²) < 4.78 is 0. The van der Waals surface area contributed by atoms with Crippen molar-refractivity contribution >= 4 is 0 Å². The Bertz CT molecular complexity index is 381. The lowest BCUT2D eigenvalue weighted by Crippen LogP contribution is -2.49. The van der Waals surface area contributed by atoms with Crippen LogP contribution in [0.3, 0.4) is 0 Å². The van der Waals surface area contributed by atoms with Crippen LogP contribution in [0, 0.1) is 23.2 Å². The van der Waals surface area contributed by atoms with E-state index in [-0.39, 0.29) is 0 Å². The van der Waals surface area contributed by atoms with E-state index in [1.165, 1.54) is 51.9 Å². The molecule has 2 heterocycles. The van der Waals surface area contributed by atoms with Gasteiger partial charge in [-0.05, 0) is 82.7 Å². The van der Waals surface area contributed by atoms with Crippen LogP contribution in [0.2, 0.25) is 0 Å². The van der Waals surface area contributed by atoms with Crippen LogP contribution in [0.4, 0.5) is 0 Å². The molecule has 1 aliphatic carbocycles.